The number of halogens is 2. The van der Waals surface area contributed by atoms with E-state index >= 15 is 0 Å². The van der Waals surface area contributed by atoms with Gasteiger partial charge in [0.1, 0.15) is 0 Å². The highest BCUT2D eigenvalue weighted by molar-refractivity contribution is 6.21. The van der Waals surface area contributed by atoms with Gasteiger partial charge in [0.05, 0.1) is 31.3 Å². The molecule has 4 heteroatoms. The van der Waals surface area contributed by atoms with E-state index in [1.165, 1.54) is 12.8 Å². The van der Waals surface area contributed by atoms with Gasteiger partial charge < -0.3 is 9.47 Å². The summed E-state index contributed by atoms with van der Waals surface area (Å²) in [6.45, 7) is 1.84. The van der Waals surface area contributed by atoms with E-state index in [0.29, 0.717) is 25.7 Å². The van der Waals surface area contributed by atoms with E-state index < -0.39 is 0 Å². The second-order valence-electron chi connectivity index (χ2n) is 3.51. The van der Waals surface area contributed by atoms with Gasteiger partial charge in [0.15, 0.2) is 0 Å². The van der Waals surface area contributed by atoms with Gasteiger partial charge >= 0.3 is 0 Å². The molecule has 1 aliphatic carbocycles. The highest BCUT2D eigenvalue weighted by atomic mass is 35.5. The zero-order chi connectivity index (χ0) is 10.2. The minimum Gasteiger partial charge on any atom is -0.378 e. The number of ether oxygens (including phenoxy) is 2. The van der Waals surface area contributed by atoms with E-state index in [9.17, 15) is 0 Å². The second kappa shape index (κ2) is 7.75. The quantitative estimate of drug-likeness (QED) is 0.526. The minimum absolute atomic E-state index is 0.191. The molecule has 1 fully saturated rings. The fourth-order valence-corrected chi connectivity index (χ4v) is 2.12. The first-order valence-electron chi connectivity index (χ1n) is 5.24. The Labute approximate surface area is 95.9 Å². The zero-order valence-corrected chi connectivity index (χ0v) is 9.90. The van der Waals surface area contributed by atoms with Crippen molar-refractivity contribution < 1.29 is 9.47 Å². The number of rotatable bonds is 6. The SMILES string of the molecule is ClCCOCCO[C@H]1CCCC[C@@H]1Cl. The molecule has 0 aromatic rings. The van der Waals surface area contributed by atoms with E-state index in [0.717, 1.165) is 12.8 Å². The molecule has 0 N–H and O–H groups in total. The molecule has 1 saturated carbocycles. The van der Waals surface area contributed by atoms with Crippen molar-refractivity contribution in [2.45, 2.75) is 37.2 Å². The van der Waals surface area contributed by atoms with Crippen molar-refractivity contribution in [3.63, 3.8) is 0 Å². The lowest BCUT2D eigenvalue weighted by molar-refractivity contribution is -0.00545. The lowest BCUT2D eigenvalue weighted by Crippen LogP contribution is -2.29. The molecule has 0 aromatic carbocycles. The highest BCUT2D eigenvalue weighted by Crippen LogP contribution is 2.25. The molecule has 2 atom stereocenters. The Kier molecular flexibility index (Phi) is 6.96. The van der Waals surface area contributed by atoms with Gasteiger partial charge in [0.2, 0.25) is 0 Å². The number of alkyl halides is 2. The first kappa shape index (κ1) is 12.6. The summed E-state index contributed by atoms with van der Waals surface area (Å²) in [5, 5.41) is 0.191. The summed E-state index contributed by atoms with van der Waals surface area (Å²) in [7, 11) is 0. The van der Waals surface area contributed by atoms with Crippen molar-refractivity contribution >= 4 is 23.2 Å². The largest absolute Gasteiger partial charge is 0.378 e. The van der Waals surface area contributed by atoms with Gasteiger partial charge in [-0.2, -0.15) is 0 Å². The Morgan fingerprint density at radius 2 is 1.86 bits per heavy atom. The van der Waals surface area contributed by atoms with Gasteiger partial charge in [-0.25, -0.2) is 0 Å². The van der Waals surface area contributed by atoms with Crippen LogP contribution in [0.5, 0.6) is 0 Å². The lowest BCUT2D eigenvalue weighted by atomic mass is 9.97. The topological polar surface area (TPSA) is 18.5 Å². The van der Waals surface area contributed by atoms with Gasteiger partial charge in [-0.15, -0.1) is 23.2 Å². The fourth-order valence-electron chi connectivity index (χ4n) is 1.65. The third-order valence-electron chi connectivity index (χ3n) is 2.40. The highest BCUT2D eigenvalue weighted by Gasteiger charge is 2.23. The summed E-state index contributed by atoms with van der Waals surface area (Å²) in [5.41, 5.74) is 0. The molecule has 1 aliphatic rings. The molecule has 84 valence electrons. The maximum Gasteiger partial charge on any atom is 0.0739 e. The Hall–Kier alpha value is 0.500. The Bertz CT molecular complexity index is 144. The second-order valence-corrected chi connectivity index (χ2v) is 4.45. The van der Waals surface area contributed by atoms with Crippen molar-refractivity contribution in [2.75, 3.05) is 25.7 Å². The van der Waals surface area contributed by atoms with E-state index in [1.54, 1.807) is 0 Å². The van der Waals surface area contributed by atoms with Crippen molar-refractivity contribution in [1.29, 1.82) is 0 Å². The third kappa shape index (κ3) is 4.83. The van der Waals surface area contributed by atoms with Gasteiger partial charge in [-0.1, -0.05) is 12.8 Å². The van der Waals surface area contributed by atoms with E-state index in [1.807, 2.05) is 0 Å². The summed E-state index contributed by atoms with van der Waals surface area (Å²) >= 11 is 11.6. The van der Waals surface area contributed by atoms with Crippen LogP contribution in [0, 0.1) is 0 Å². The average Bonchev–Trinajstić information content (AvgIpc) is 2.20. The van der Waals surface area contributed by atoms with Crippen LogP contribution in [0.1, 0.15) is 25.7 Å². The van der Waals surface area contributed by atoms with Crippen LogP contribution in [0.25, 0.3) is 0 Å². The molecule has 0 spiro atoms. The third-order valence-corrected chi connectivity index (χ3v) is 3.06. The summed E-state index contributed by atoms with van der Waals surface area (Å²) in [6.07, 6.45) is 4.86. The standard InChI is InChI=1S/C10H18Cl2O2/c11-5-6-13-7-8-14-10-4-2-1-3-9(10)12/h9-10H,1-8H2/t9-,10-/m0/s1. The fraction of sp³-hybridized carbons (Fsp3) is 1.00. The summed E-state index contributed by atoms with van der Waals surface area (Å²) in [6, 6.07) is 0. The van der Waals surface area contributed by atoms with Gasteiger partial charge in [0.25, 0.3) is 0 Å². The first-order chi connectivity index (χ1) is 6.84. The van der Waals surface area contributed by atoms with Crippen molar-refractivity contribution in [2.24, 2.45) is 0 Å². The summed E-state index contributed by atoms with van der Waals surface area (Å²) in [5.74, 6) is 0.543. The normalized spacial score (nSPS) is 27.9. The molecule has 0 aliphatic heterocycles. The van der Waals surface area contributed by atoms with Gasteiger partial charge in [0, 0.05) is 5.88 Å². The van der Waals surface area contributed by atoms with Crippen LogP contribution in [-0.2, 0) is 9.47 Å². The maximum atomic E-state index is 6.14. The lowest BCUT2D eigenvalue weighted by Gasteiger charge is -2.26. The molecule has 1 rings (SSSR count). The Morgan fingerprint density at radius 3 is 2.57 bits per heavy atom. The summed E-state index contributed by atoms with van der Waals surface area (Å²) < 4.78 is 10.9. The van der Waals surface area contributed by atoms with Crippen LogP contribution >= 0.6 is 23.2 Å². The molecule has 0 amide bonds. The van der Waals surface area contributed by atoms with Crippen LogP contribution in [0.15, 0.2) is 0 Å². The smallest absolute Gasteiger partial charge is 0.0739 e. The zero-order valence-electron chi connectivity index (χ0n) is 8.38. The Morgan fingerprint density at radius 1 is 1.07 bits per heavy atom. The molecule has 0 bridgehead atoms. The van der Waals surface area contributed by atoms with Crippen LogP contribution in [-0.4, -0.2) is 37.2 Å². The van der Waals surface area contributed by atoms with Crippen LogP contribution < -0.4 is 0 Å². The first-order valence-corrected chi connectivity index (χ1v) is 6.21. The minimum atomic E-state index is 0.191. The summed E-state index contributed by atoms with van der Waals surface area (Å²) in [4.78, 5) is 0. The van der Waals surface area contributed by atoms with Crippen LogP contribution in [0.4, 0.5) is 0 Å². The Balaban J connectivity index is 1.99. The average molecular weight is 241 g/mol. The number of hydrogen-bond donors (Lipinski definition) is 0. The monoisotopic (exact) mass is 240 g/mol. The maximum absolute atomic E-state index is 6.14. The molecule has 0 unspecified atom stereocenters. The molecule has 14 heavy (non-hydrogen) atoms. The molecule has 2 nitrogen and oxygen atoms in total. The molecular formula is C10H18Cl2O2. The predicted octanol–water partition coefficient (Wildman–Crippen LogP) is 2.81. The van der Waals surface area contributed by atoms with Crippen molar-refractivity contribution in [3.8, 4) is 0 Å². The van der Waals surface area contributed by atoms with Crippen LogP contribution in [0.2, 0.25) is 0 Å². The van der Waals surface area contributed by atoms with Crippen molar-refractivity contribution in [3.05, 3.63) is 0 Å². The van der Waals surface area contributed by atoms with E-state index in [4.69, 9.17) is 32.7 Å². The molecule has 0 aromatic heterocycles. The predicted molar refractivity (Wildman–Crippen MR) is 59.4 cm³/mol. The van der Waals surface area contributed by atoms with Crippen molar-refractivity contribution in [1.82, 2.24) is 0 Å². The molecular weight excluding hydrogens is 223 g/mol. The van der Waals surface area contributed by atoms with Gasteiger partial charge in [-0.3, -0.25) is 0 Å². The van der Waals surface area contributed by atoms with Crippen LogP contribution in [0.3, 0.4) is 0 Å². The van der Waals surface area contributed by atoms with E-state index in [2.05, 4.69) is 0 Å². The molecule has 0 heterocycles. The van der Waals surface area contributed by atoms with Gasteiger partial charge in [-0.05, 0) is 12.8 Å². The molecule has 0 radical (unpaired) electrons. The molecule has 0 saturated heterocycles. The number of hydrogen-bond acceptors (Lipinski definition) is 2. The van der Waals surface area contributed by atoms with E-state index in [-0.39, 0.29) is 11.5 Å².